The predicted octanol–water partition coefficient (Wildman–Crippen LogP) is 3.71. The molecule has 0 radical (unpaired) electrons. The Labute approximate surface area is 142 Å². The van der Waals surface area contributed by atoms with Crippen LogP contribution in [0.2, 0.25) is 0 Å². The first kappa shape index (κ1) is 16.5. The van der Waals surface area contributed by atoms with Gasteiger partial charge in [0, 0.05) is 37.1 Å². The Hall–Kier alpha value is -2.40. The van der Waals surface area contributed by atoms with Crippen molar-refractivity contribution in [1.82, 2.24) is 19.7 Å². The summed E-state index contributed by atoms with van der Waals surface area (Å²) < 4.78 is 7.80. The van der Waals surface area contributed by atoms with Gasteiger partial charge in [-0.1, -0.05) is 6.07 Å². The molecule has 0 unspecified atom stereocenters. The van der Waals surface area contributed by atoms with Crippen molar-refractivity contribution in [2.75, 3.05) is 0 Å². The highest BCUT2D eigenvalue weighted by Crippen LogP contribution is 2.17. The van der Waals surface area contributed by atoms with Crippen molar-refractivity contribution in [1.29, 1.82) is 0 Å². The maximum Gasteiger partial charge on any atom is 0.118 e. The Morgan fingerprint density at radius 2 is 1.96 bits per heavy atom. The molecular formula is C19H24N4O. The summed E-state index contributed by atoms with van der Waals surface area (Å²) in [6.45, 7) is 9.45. The predicted molar refractivity (Wildman–Crippen MR) is 93.3 cm³/mol. The Bertz CT molecular complexity index is 776. The molecule has 0 amide bonds. The van der Waals surface area contributed by atoms with Gasteiger partial charge in [0.15, 0.2) is 0 Å². The summed E-state index contributed by atoms with van der Waals surface area (Å²) in [6, 6.07) is 10.1. The van der Waals surface area contributed by atoms with E-state index in [4.69, 9.17) is 4.42 Å². The average molecular weight is 324 g/mol. The fraction of sp³-hybridized carbons (Fsp3) is 0.368. The number of aromatic nitrogens is 3. The lowest BCUT2D eigenvalue weighted by Crippen LogP contribution is -2.23. The third-order valence-corrected chi connectivity index (χ3v) is 4.19. The Morgan fingerprint density at radius 3 is 2.58 bits per heavy atom. The SMILES string of the molecule is CCn1ncc(CN(Cc2ccccn2)Cc2ccc(C)o2)c1C. The molecule has 0 aromatic carbocycles. The number of rotatable bonds is 7. The molecule has 5 heteroatoms. The lowest BCUT2D eigenvalue weighted by atomic mass is 10.2. The first-order valence-corrected chi connectivity index (χ1v) is 8.34. The first-order chi connectivity index (χ1) is 11.7. The molecule has 0 bridgehead atoms. The lowest BCUT2D eigenvalue weighted by molar-refractivity contribution is 0.222. The van der Waals surface area contributed by atoms with Crippen LogP contribution in [0.1, 0.15) is 35.4 Å². The molecule has 5 nitrogen and oxygen atoms in total. The summed E-state index contributed by atoms with van der Waals surface area (Å²) in [6.07, 6.45) is 3.81. The van der Waals surface area contributed by atoms with Crippen molar-refractivity contribution < 1.29 is 4.42 Å². The van der Waals surface area contributed by atoms with Gasteiger partial charge in [0.1, 0.15) is 11.5 Å². The Kier molecular flexibility index (Phi) is 5.11. The number of nitrogens with zero attached hydrogens (tertiary/aromatic N) is 4. The van der Waals surface area contributed by atoms with Gasteiger partial charge >= 0.3 is 0 Å². The van der Waals surface area contributed by atoms with Crippen molar-refractivity contribution in [3.8, 4) is 0 Å². The Balaban J connectivity index is 1.79. The molecule has 3 rings (SSSR count). The minimum absolute atomic E-state index is 0.751. The average Bonchev–Trinajstić information content (AvgIpc) is 3.14. The minimum atomic E-state index is 0.751. The molecule has 0 fully saturated rings. The molecule has 3 heterocycles. The molecule has 3 aromatic rings. The van der Waals surface area contributed by atoms with Gasteiger partial charge in [-0.2, -0.15) is 5.10 Å². The van der Waals surface area contributed by atoms with E-state index in [0.29, 0.717) is 0 Å². The van der Waals surface area contributed by atoms with E-state index in [1.165, 1.54) is 11.3 Å². The van der Waals surface area contributed by atoms with E-state index < -0.39 is 0 Å². The third-order valence-electron chi connectivity index (χ3n) is 4.19. The van der Waals surface area contributed by atoms with Crippen molar-refractivity contribution in [2.45, 2.75) is 47.0 Å². The first-order valence-electron chi connectivity index (χ1n) is 8.34. The van der Waals surface area contributed by atoms with Crippen molar-refractivity contribution in [3.63, 3.8) is 0 Å². The van der Waals surface area contributed by atoms with E-state index in [9.17, 15) is 0 Å². The van der Waals surface area contributed by atoms with Crippen LogP contribution in [0.15, 0.2) is 47.1 Å². The van der Waals surface area contributed by atoms with Crippen molar-refractivity contribution >= 4 is 0 Å². The highest BCUT2D eigenvalue weighted by molar-refractivity contribution is 5.17. The molecule has 24 heavy (non-hydrogen) atoms. The van der Waals surface area contributed by atoms with Gasteiger partial charge in [0.05, 0.1) is 18.4 Å². The van der Waals surface area contributed by atoms with Crippen LogP contribution in [0.3, 0.4) is 0 Å². The second-order valence-electron chi connectivity index (χ2n) is 6.05. The highest BCUT2D eigenvalue weighted by atomic mass is 16.3. The van der Waals surface area contributed by atoms with E-state index >= 15 is 0 Å². The van der Waals surface area contributed by atoms with E-state index in [2.05, 4.69) is 34.9 Å². The van der Waals surface area contributed by atoms with E-state index in [1.807, 2.05) is 48.3 Å². The van der Waals surface area contributed by atoms with Gasteiger partial charge in [-0.3, -0.25) is 14.6 Å². The van der Waals surface area contributed by atoms with Crippen molar-refractivity contribution in [2.24, 2.45) is 0 Å². The fourth-order valence-corrected chi connectivity index (χ4v) is 2.88. The molecule has 0 aliphatic rings. The maximum absolute atomic E-state index is 5.76. The smallest absolute Gasteiger partial charge is 0.118 e. The summed E-state index contributed by atoms with van der Waals surface area (Å²) in [5, 5.41) is 4.46. The second kappa shape index (κ2) is 7.45. The second-order valence-corrected chi connectivity index (χ2v) is 6.05. The number of pyridine rings is 1. The lowest BCUT2D eigenvalue weighted by Gasteiger charge is -2.21. The molecule has 0 N–H and O–H groups in total. The van der Waals surface area contributed by atoms with Crippen LogP contribution in [0, 0.1) is 13.8 Å². The number of hydrogen-bond donors (Lipinski definition) is 0. The number of aryl methyl sites for hydroxylation is 2. The topological polar surface area (TPSA) is 47.1 Å². The quantitative estimate of drug-likeness (QED) is 0.665. The van der Waals surface area contributed by atoms with Crippen LogP contribution in [-0.4, -0.2) is 19.7 Å². The van der Waals surface area contributed by atoms with Crippen molar-refractivity contribution in [3.05, 3.63) is 71.2 Å². The van der Waals surface area contributed by atoms with Gasteiger partial charge in [-0.15, -0.1) is 0 Å². The normalized spacial score (nSPS) is 11.3. The largest absolute Gasteiger partial charge is 0.465 e. The zero-order chi connectivity index (χ0) is 16.9. The molecule has 0 saturated heterocycles. The molecular weight excluding hydrogens is 300 g/mol. The van der Waals surface area contributed by atoms with Gasteiger partial charge in [0.2, 0.25) is 0 Å². The summed E-state index contributed by atoms with van der Waals surface area (Å²) in [5.41, 5.74) is 3.52. The summed E-state index contributed by atoms with van der Waals surface area (Å²) >= 11 is 0. The van der Waals surface area contributed by atoms with Crippen LogP contribution in [0.25, 0.3) is 0 Å². The number of furan rings is 1. The van der Waals surface area contributed by atoms with Crippen LogP contribution in [0.5, 0.6) is 0 Å². The van der Waals surface area contributed by atoms with Gasteiger partial charge in [0.25, 0.3) is 0 Å². The molecule has 0 atom stereocenters. The van der Waals surface area contributed by atoms with E-state index in [-0.39, 0.29) is 0 Å². The van der Waals surface area contributed by atoms with Crippen LogP contribution in [0.4, 0.5) is 0 Å². The molecule has 0 aliphatic carbocycles. The Morgan fingerprint density at radius 1 is 1.08 bits per heavy atom. The summed E-state index contributed by atoms with van der Waals surface area (Å²) in [7, 11) is 0. The minimum Gasteiger partial charge on any atom is -0.465 e. The molecule has 126 valence electrons. The third kappa shape index (κ3) is 3.92. The summed E-state index contributed by atoms with van der Waals surface area (Å²) in [5.74, 6) is 1.92. The highest BCUT2D eigenvalue weighted by Gasteiger charge is 2.14. The van der Waals surface area contributed by atoms with Crippen LogP contribution in [-0.2, 0) is 26.2 Å². The maximum atomic E-state index is 5.76. The van der Waals surface area contributed by atoms with Gasteiger partial charge in [-0.05, 0) is 45.0 Å². The molecule has 3 aromatic heterocycles. The standard InChI is InChI=1S/C19H24N4O/c1-4-23-16(3)17(11-21-23)12-22(13-18-7-5-6-10-20-18)14-19-9-8-15(2)24-19/h5-11H,4,12-14H2,1-3H3. The summed E-state index contributed by atoms with van der Waals surface area (Å²) in [4.78, 5) is 6.80. The molecule has 0 aliphatic heterocycles. The van der Waals surface area contributed by atoms with Gasteiger partial charge in [-0.25, -0.2) is 0 Å². The molecule has 0 saturated carbocycles. The van der Waals surface area contributed by atoms with Crippen LogP contribution < -0.4 is 0 Å². The monoisotopic (exact) mass is 324 g/mol. The number of hydrogen-bond acceptors (Lipinski definition) is 4. The van der Waals surface area contributed by atoms with Gasteiger partial charge < -0.3 is 4.42 Å². The van der Waals surface area contributed by atoms with Crippen LogP contribution >= 0.6 is 0 Å². The van der Waals surface area contributed by atoms with E-state index in [1.54, 1.807) is 0 Å². The zero-order valence-corrected chi connectivity index (χ0v) is 14.6. The fourth-order valence-electron chi connectivity index (χ4n) is 2.88. The van der Waals surface area contributed by atoms with E-state index in [0.717, 1.165) is 43.4 Å². The zero-order valence-electron chi connectivity index (χ0n) is 14.6. The molecule has 0 spiro atoms.